The maximum absolute atomic E-state index is 11.7. The number of ketones is 1. The summed E-state index contributed by atoms with van der Waals surface area (Å²) in [6.45, 7) is 0.227. The van der Waals surface area contributed by atoms with Crippen molar-refractivity contribution >= 4 is 28.4 Å². The van der Waals surface area contributed by atoms with Crippen LogP contribution >= 0.6 is 22.6 Å². The molecule has 0 atom stereocenters. The summed E-state index contributed by atoms with van der Waals surface area (Å²) in [4.78, 5) is 11.7. The lowest BCUT2D eigenvalue weighted by molar-refractivity contribution is 0.00731. The third kappa shape index (κ3) is 3.01. The smallest absolute Gasteiger partial charge is 0.188 e. The molecule has 0 aliphatic heterocycles. The van der Waals surface area contributed by atoms with Gasteiger partial charge in [0.1, 0.15) is 6.61 Å². The van der Waals surface area contributed by atoms with Crippen LogP contribution in [-0.2, 0) is 4.74 Å². The quantitative estimate of drug-likeness (QED) is 0.630. The molecular weight excluding hydrogens is 303 g/mol. The van der Waals surface area contributed by atoms with Crippen LogP contribution in [0.5, 0.6) is 0 Å². The Balaban J connectivity index is 1.86. The lowest BCUT2D eigenvalue weighted by atomic mass is 9.96. The number of carbonyl (C=O) groups is 1. The first kappa shape index (κ1) is 11.1. The molecule has 15 heavy (non-hydrogen) atoms. The SMILES string of the molecule is O=C(COC1CCC1)c1ccc(I)cc1. The zero-order valence-electron chi connectivity index (χ0n) is 8.41. The van der Waals surface area contributed by atoms with E-state index in [-0.39, 0.29) is 12.4 Å². The highest BCUT2D eigenvalue weighted by atomic mass is 127. The average molecular weight is 316 g/mol. The average Bonchev–Trinajstić information content (AvgIpc) is 2.16. The molecule has 0 bridgehead atoms. The Morgan fingerprint density at radius 3 is 2.53 bits per heavy atom. The normalized spacial score (nSPS) is 16.1. The van der Waals surface area contributed by atoms with Gasteiger partial charge in [-0.2, -0.15) is 0 Å². The number of ether oxygens (including phenoxy) is 1. The summed E-state index contributed by atoms with van der Waals surface area (Å²) in [5, 5.41) is 0. The van der Waals surface area contributed by atoms with Gasteiger partial charge in [-0.3, -0.25) is 4.79 Å². The Hall–Kier alpha value is -0.420. The first-order valence-electron chi connectivity index (χ1n) is 5.16. The summed E-state index contributed by atoms with van der Waals surface area (Å²) in [5.41, 5.74) is 0.745. The van der Waals surface area contributed by atoms with Gasteiger partial charge < -0.3 is 4.74 Å². The highest BCUT2D eigenvalue weighted by molar-refractivity contribution is 14.1. The predicted octanol–water partition coefficient (Wildman–Crippen LogP) is 3.04. The lowest BCUT2D eigenvalue weighted by Gasteiger charge is -2.25. The molecule has 1 aliphatic carbocycles. The van der Waals surface area contributed by atoms with Gasteiger partial charge in [-0.05, 0) is 54.0 Å². The van der Waals surface area contributed by atoms with E-state index in [4.69, 9.17) is 4.74 Å². The number of Topliss-reactive ketones (excluding diaryl/α,β-unsaturated/α-hetero) is 1. The lowest BCUT2D eigenvalue weighted by Crippen LogP contribution is -2.24. The molecule has 0 N–H and O–H groups in total. The van der Waals surface area contributed by atoms with Crippen molar-refractivity contribution in [2.45, 2.75) is 25.4 Å². The summed E-state index contributed by atoms with van der Waals surface area (Å²) < 4.78 is 6.62. The Morgan fingerprint density at radius 1 is 1.33 bits per heavy atom. The minimum absolute atomic E-state index is 0.0818. The van der Waals surface area contributed by atoms with Crippen LogP contribution in [0.4, 0.5) is 0 Å². The van der Waals surface area contributed by atoms with Crippen LogP contribution in [0.1, 0.15) is 29.6 Å². The second-order valence-electron chi connectivity index (χ2n) is 3.79. The molecular formula is C12H13IO2. The molecule has 0 unspecified atom stereocenters. The Morgan fingerprint density at radius 2 is 2.00 bits per heavy atom. The third-order valence-corrected chi connectivity index (χ3v) is 3.39. The molecule has 2 nitrogen and oxygen atoms in total. The van der Waals surface area contributed by atoms with Crippen molar-refractivity contribution in [3.05, 3.63) is 33.4 Å². The number of carbonyl (C=O) groups excluding carboxylic acids is 1. The van der Waals surface area contributed by atoms with Crippen LogP contribution in [0.3, 0.4) is 0 Å². The van der Waals surface area contributed by atoms with Gasteiger partial charge in [-0.25, -0.2) is 0 Å². The van der Waals surface area contributed by atoms with E-state index >= 15 is 0 Å². The monoisotopic (exact) mass is 316 g/mol. The van der Waals surface area contributed by atoms with Crippen molar-refractivity contribution in [2.75, 3.05) is 6.61 Å². The molecule has 3 heteroatoms. The number of hydrogen-bond acceptors (Lipinski definition) is 2. The van der Waals surface area contributed by atoms with Gasteiger partial charge >= 0.3 is 0 Å². The Bertz CT molecular complexity index is 341. The fourth-order valence-electron chi connectivity index (χ4n) is 1.45. The second-order valence-corrected chi connectivity index (χ2v) is 5.04. The largest absolute Gasteiger partial charge is 0.370 e. The minimum Gasteiger partial charge on any atom is -0.370 e. The van der Waals surface area contributed by atoms with Crippen LogP contribution in [0.25, 0.3) is 0 Å². The molecule has 80 valence electrons. The van der Waals surface area contributed by atoms with Gasteiger partial charge in [0.2, 0.25) is 0 Å². The van der Waals surface area contributed by atoms with Crippen LogP contribution in [0.2, 0.25) is 0 Å². The molecule has 1 aromatic carbocycles. The standard InChI is InChI=1S/C12H13IO2/c13-10-6-4-9(5-7-10)12(14)8-15-11-2-1-3-11/h4-7,11H,1-3,8H2. The van der Waals surface area contributed by atoms with Crippen LogP contribution in [0, 0.1) is 3.57 Å². The van der Waals surface area contributed by atoms with Gasteiger partial charge in [-0.15, -0.1) is 0 Å². The van der Waals surface area contributed by atoms with Crippen molar-refractivity contribution in [1.82, 2.24) is 0 Å². The van der Waals surface area contributed by atoms with E-state index in [0.717, 1.165) is 22.0 Å². The minimum atomic E-state index is 0.0818. The van der Waals surface area contributed by atoms with Gasteiger partial charge in [0, 0.05) is 9.13 Å². The molecule has 0 amide bonds. The summed E-state index contributed by atoms with van der Waals surface area (Å²) in [7, 11) is 0. The third-order valence-electron chi connectivity index (χ3n) is 2.67. The zero-order valence-corrected chi connectivity index (χ0v) is 10.6. The van der Waals surface area contributed by atoms with Crippen molar-refractivity contribution < 1.29 is 9.53 Å². The van der Waals surface area contributed by atoms with Gasteiger partial charge in [0.15, 0.2) is 5.78 Å². The van der Waals surface area contributed by atoms with E-state index < -0.39 is 0 Å². The topological polar surface area (TPSA) is 26.3 Å². The molecule has 2 rings (SSSR count). The maximum Gasteiger partial charge on any atom is 0.188 e. The summed E-state index contributed by atoms with van der Waals surface area (Å²) in [5.74, 6) is 0.0818. The first-order valence-corrected chi connectivity index (χ1v) is 6.24. The number of halogens is 1. The highest BCUT2D eigenvalue weighted by Crippen LogP contribution is 2.22. The van der Waals surface area contributed by atoms with E-state index in [0.29, 0.717) is 6.10 Å². The highest BCUT2D eigenvalue weighted by Gasteiger charge is 2.19. The van der Waals surface area contributed by atoms with Gasteiger partial charge in [0.05, 0.1) is 6.10 Å². The van der Waals surface area contributed by atoms with Gasteiger partial charge in [0.25, 0.3) is 0 Å². The number of hydrogen-bond donors (Lipinski definition) is 0. The molecule has 0 heterocycles. The van der Waals surface area contributed by atoms with Crippen molar-refractivity contribution in [3.63, 3.8) is 0 Å². The molecule has 1 saturated carbocycles. The van der Waals surface area contributed by atoms with Crippen LogP contribution in [-0.4, -0.2) is 18.5 Å². The van der Waals surface area contributed by atoms with Crippen molar-refractivity contribution in [2.24, 2.45) is 0 Å². The van der Waals surface area contributed by atoms with E-state index in [1.807, 2.05) is 24.3 Å². The zero-order chi connectivity index (χ0) is 10.7. The second kappa shape index (κ2) is 5.07. The maximum atomic E-state index is 11.7. The predicted molar refractivity (Wildman–Crippen MR) is 67.1 cm³/mol. The van der Waals surface area contributed by atoms with E-state index in [1.165, 1.54) is 6.42 Å². The molecule has 0 saturated heterocycles. The van der Waals surface area contributed by atoms with E-state index in [2.05, 4.69) is 22.6 Å². The number of rotatable bonds is 4. The van der Waals surface area contributed by atoms with Gasteiger partial charge in [-0.1, -0.05) is 12.1 Å². The fraction of sp³-hybridized carbons (Fsp3) is 0.417. The van der Waals surface area contributed by atoms with Crippen LogP contribution < -0.4 is 0 Å². The Labute approximate surface area is 103 Å². The molecule has 0 spiro atoms. The molecule has 1 aromatic rings. The van der Waals surface area contributed by atoms with E-state index in [1.54, 1.807) is 0 Å². The molecule has 0 radical (unpaired) electrons. The molecule has 1 aliphatic rings. The van der Waals surface area contributed by atoms with Crippen molar-refractivity contribution in [1.29, 1.82) is 0 Å². The fourth-order valence-corrected chi connectivity index (χ4v) is 1.81. The Kier molecular flexibility index (Phi) is 3.75. The molecule has 1 fully saturated rings. The number of benzene rings is 1. The summed E-state index contributed by atoms with van der Waals surface area (Å²) >= 11 is 2.22. The first-order chi connectivity index (χ1) is 7.25. The van der Waals surface area contributed by atoms with E-state index in [9.17, 15) is 4.79 Å². The van der Waals surface area contributed by atoms with Crippen LogP contribution in [0.15, 0.2) is 24.3 Å². The van der Waals surface area contributed by atoms with Crippen molar-refractivity contribution in [3.8, 4) is 0 Å². The summed E-state index contributed by atoms with van der Waals surface area (Å²) in [6, 6.07) is 7.59. The summed E-state index contributed by atoms with van der Waals surface area (Å²) in [6.07, 6.45) is 3.79. The molecule has 0 aromatic heterocycles.